The Morgan fingerprint density at radius 3 is 3.07 bits per heavy atom. The zero-order chi connectivity index (χ0) is 10.8. The number of hydrogen-bond donors (Lipinski definition) is 1. The first-order valence-corrected chi connectivity index (χ1v) is 5.84. The van der Waals surface area contributed by atoms with Crippen LogP contribution in [0.2, 0.25) is 0 Å². The number of aliphatic hydroxyl groups excluding tert-OH is 1. The Kier molecular flexibility index (Phi) is 3.10. The second-order valence-electron chi connectivity index (χ2n) is 4.99. The molecule has 84 valence electrons. The van der Waals surface area contributed by atoms with Crippen molar-refractivity contribution in [3.05, 3.63) is 17.7 Å². The van der Waals surface area contributed by atoms with Crippen LogP contribution >= 0.6 is 0 Å². The van der Waals surface area contributed by atoms with Crippen molar-refractivity contribution in [3.8, 4) is 0 Å². The summed E-state index contributed by atoms with van der Waals surface area (Å²) in [5.74, 6) is 2.72. The summed E-state index contributed by atoms with van der Waals surface area (Å²) in [6, 6.07) is 0. The fourth-order valence-corrected chi connectivity index (χ4v) is 2.50. The van der Waals surface area contributed by atoms with Crippen LogP contribution in [0.5, 0.6) is 0 Å². The van der Waals surface area contributed by atoms with E-state index < -0.39 is 0 Å². The minimum absolute atomic E-state index is 0.0643. The van der Waals surface area contributed by atoms with E-state index in [1.807, 2.05) is 6.20 Å². The molecule has 1 aliphatic rings. The maximum atomic E-state index is 9.02. The molecule has 0 saturated carbocycles. The van der Waals surface area contributed by atoms with Gasteiger partial charge in [-0.2, -0.15) is 0 Å². The van der Waals surface area contributed by atoms with Gasteiger partial charge in [0.2, 0.25) is 0 Å². The lowest BCUT2D eigenvalue weighted by Gasteiger charge is -2.24. The van der Waals surface area contributed by atoms with E-state index in [9.17, 15) is 0 Å². The van der Waals surface area contributed by atoms with Crippen LogP contribution in [-0.2, 0) is 19.6 Å². The number of hydrogen-bond acceptors (Lipinski definition) is 2. The number of fused-ring (bicyclic) bond motifs is 1. The first kappa shape index (κ1) is 10.7. The summed E-state index contributed by atoms with van der Waals surface area (Å²) < 4.78 is 2.20. The highest BCUT2D eigenvalue weighted by molar-refractivity contribution is 5.06. The molecule has 1 aromatic heterocycles. The minimum atomic E-state index is 0.0643. The zero-order valence-electron chi connectivity index (χ0n) is 9.61. The Bertz CT molecular complexity index is 330. The fourth-order valence-electron chi connectivity index (χ4n) is 2.50. The average Bonchev–Trinajstić information content (AvgIpc) is 2.58. The molecule has 0 aromatic carbocycles. The largest absolute Gasteiger partial charge is 0.390 e. The van der Waals surface area contributed by atoms with E-state index in [1.54, 1.807) is 0 Å². The summed E-state index contributed by atoms with van der Waals surface area (Å²) in [6.07, 6.45) is 5.62. The third-order valence-corrected chi connectivity index (χ3v) is 3.13. The number of nitrogens with zero attached hydrogens (tertiary/aromatic N) is 2. The number of aliphatic hydroxyl groups is 1. The molecule has 0 spiro atoms. The van der Waals surface area contributed by atoms with E-state index >= 15 is 0 Å². The van der Waals surface area contributed by atoms with E-state index in [1.165, 1.54) is 12.8 Å². The number of imidazole rings is 1. The number of rotatable bonds is 3. The maximum absolute atomic E-state index is 9.02. The monoisotopic (exact) mass is 208 g/mol. The molecule has 1 aliphatic heterocycles. The van der Waals surface area contributed by atoms with Gasteiger partial charge < -0.3 is 9.67 Å². The summed E-state index contributed by atoms with van der Waals surface area (Å²) in [4.78, 5) is 4.44. The SMILES string of the molecule is CC(C)CC1CCn2cc(CO)nc2C1. The molecule has 1 atom stereocenters. The molecule has 15 heavy (non-hydrogen) atoms. The van der Waals surface area contributed by atoms with Crippen LogP contribution in [0.15, 0.2) is 6.20 Å². The van der Waals surface area contributed by atoms with Gasteiger partial charge in [0, 0.05) is 19.2 Å². The van der Waals surface area contributed by atoms with Gasteiger partial charge in [-0.15, -0.1) is 0 Å². The molecule has 0 amide bonds. The maximum Gasteiger partial charge on any atom is 0.109 e. The van der Waals surface area contributed by atoms with Gasteiger partial charge in [0.15, 0.2) is 0 Å². The van der Waals surface area contributed by atoms with E-state index in [0.29, 0.717) is 0 Å². The van der Waals surface area contributed by atoms with E-state index in [2.05, 4.69) is 23.4 Å². The summed E-state index contributed by atoms with van der Waals surface area (Å²) in [5, 5.41) is 9.02. The van der Waals surface area contributed by atoms with Gasteiger partial charge in [0.25, 0.3) is 0 Å². The van der Waals surface area contributed by atoms with Gasteiger partial charge in [-0.25, -0.2) is 4.98 Å². The molecule has 1 N–H and O–H groups in total. The Labute approximate surface area is 91.1 Å². The van der Waals surface area contributed by atoms with Gasteiger partial charge in [0.1, 0.15) is 5.82 Å². The van der Waals surface area contributed by atoms with Crippen LogP contribution in [0.3, 0.4) is 0 Å². The lowest BCUT2D eigenvalue weighted by atomic mass is 9.89. The molecular formula is C12H20N2O. The van der Waals surface area contributed by atoms with E-state index in [0.717, 1.165) is 36.3 Å². The number of aryl methyl sites for hydroxylation is 1. The molecular weight excluding hydrogens is 188 g/mol. The molecule has 1 unspecified atom stereocenters. The van der Waals surface area contributed by atoms with Crippen LogP contribution in [0, 0.1) is 11.8 Å². The van der Waals surface area contributed by atoms with Crippen molar-refractivity contribution in [2.24, 2.45) is 11.8 Å². The van der Waals surface area contributed by atoms with Gasteiger partial charge in [-0.3, -0.25) is 0 Å². The molecule has 2 rings (SSSR count). The normalized spacial score (nSPS) is 20.7. The highest BCUT2D eigenvalue weighted by Gasteiger charge is 2.21. The highest BCUT2D eigenvalue weighted by atomic mass is 16.3. The van der Waals surface area contributed by atoms with Crippen molar-refractivity contribution < 1.29 is 5.11 Å². The Hall–Kier alpha value is -0.830. The van der Waals surface area contributed by atoms with Crippen LogP contribution in [0.1, 0.15) is 38.2 Å². The van der Waals surface area contributed by atoms with Gasteiger partial charge >= 0.3 is 0 Å². The van der Waals surface area contributed by atoms with Crippen molar-refractivity contribution in [2.45, 2.75) is 46.3 Å². The summed E-state index contributed by atoms with van der Waals surface area (Å²) in [5.41, 5.74) is 0.815. The molecule has 0 saturated heterocycles. The molecule has 0 fully saturated rings. The zero-order valence-corrected chi connectivity index (χ0v) is 9.61. The third kappa shape index (κ3) is 2.40. The molecule has 1 aromatic rings. The third-order valence-electron chi connectivity index (χ3n) is 3.13. The van der Waals surface area contributed by atoms with Gasteiger partial charge in [-0.1, -0.05) is 13.8 Å². The first-order valence-electron chi connectivity index (χ1n) is 5.84. The topological polar surface area (TPSA) is 38.0 Å². The smallest absolute Gasteiger partial charge is 0.109 e. The van der Waals surface area contributed by atoms with Crippen LogP contribution in [-0.4, -0.2) is 14.7 Å². The lowest BCUT2D eigenvalue weighted by molar-refractivity contribution is 0.277. The molecule has 0 bridgehead atoms. The predicted octanol–water partition coefficient (Wildman–Crippen LogP) is 1.98. The predicted molar refractivity (Wildman–Crippen MR) is 59.4 cm³/mol. The van der Waals surface area contributed by atoms with E-state index in [4.69, 9.17) is 5.11 Å². The average molecular weight is 208 g/mol. The van der Waals surface area contributed by atoms with Gasteiger partial charge in [-0.05, 0) is 24.7 Å². The molecule has 3 heteroatoms. The minimum Gasteiger partial charge on any atom is -0.390 e. The summed E-state index contributed by atoms with van der Waals surface area (Å²) in [7, 11) is 0. The molecule has 0 radical (unpaired) electrons. The van der Waals surface area contributed by atoms with Crippen LogP contribution < -0.4 is 0 Å². The first-order chi connectivity index (χ1) is 7.19. The van der Waals surface area contributed by atoms with Crippen molar-refractivity contribution in [3.63, 3.8) is 0 Å². The van der Waals surface area contributed by atoms with Crippen molar-refractivity contribution in [2.75, 3.05) is 0 Å². The molecule has 0 aliphatic carbocycles. The Balaban J connectivity index is 2.05. The molecule has 3 nitrogen and oxygen atoms in total. The number of aromatic nitrogens is 2. The van der Waals surface area contributed by atoms with Crippen LogP contribution in [0.25, 0.3) is 0 Å². The van der Waals surface area contributed by atoms with Gasteiger partial charge in [0.05, 0.1) is 12.3 Å². The fraction of sp³-hybridized carbons (Fsp3) is 0.750. The Morgan fingerprint density at radius 2 is 2.40 bits per heavy atom. The lowest BCUT2D eigenvalue weighted by Crippen LogP contribution is -2.20. The van der Waals surface area contributed by atoms with Crippen molar-refractivity contribution in [1.29, 1.82) is 0 Å². The quantitative estimate of drug-likeness (QED) is 0.825. The Morgan fingerprint density at radius 1 is 1.60 bits per heavy atom. The molecule has 2 heterocycles. The van der Waals surface area contributed by atoms with E-state index in [-0.39, 0.29) is 6.61 Å². The summed E-state index contributed by atoms with van der Waals surface area (Å²) >= 11 is 0. The summed E-state index contributed by atoms with van der Waals surface area (Å²) in [6.45, 7) is 5.69. The second kappa shape index (κ2) is 4.35. The highest BCUT2D eigenvalue weighted by Crippen LogP contribution is 2.25. The standard InChI is InChI=1S/C12H20N2O/c1-9(2)5-10-3-4-14-7-11(8-15)13-12(14)6-10/h7,9-10,15H,3-6,8H2,1-2H3. The van der Waals surface area contributed by atoms with Crippen molar-refractivity contribution >= 4 is 0 Å². The van der Waals surface area contributed by atoms with Crippen LogP contribution in [0.4, 0.5) is 0 Å². The van der Waals surface area contributed by atoms with Crippen molar-refractivity contribution in [1.82, 2.24) is 9.55 Å². The second-order valence-corrected chi connectivity index (χ2v) is 4.99.